The van der Waals surface area contributed by atoms with Gasteiger partial charge in [-0.3, -0.25) is 9.59 Å². The number of anilines is 2. The van der Waals surface area contributed by atoms with Crippen molar-refractivity contribution < 1.29 is 14.4 Å². The van der Waals surface area contributed by atoms with Crippen molar-refractivity contribution in [1.82, 2.24) is 10.6 Å². The standard InChI is InChI=1S/C17H26N4O3/c1-11(2)19-16(24)21-13-8-6-12(7-9-13)20-14(22)10-18-15(23)17(3,4)5/h6-9,11H,10H2,1-5H3,(H,18,23)(H,20,22)(H2,19,21,24). The molecule has 1 aromatic carbocycles. The van der Waals surface area contributed by atoms with Crippen LogP contribution in [0.25, 0.3) is 0 Å². The molecule has 0 atom stereocenters. The van der Waals surface area contributed by atoms with E-state index in [9.17, 15) is 14.4 Å². The first-order valence-electron chi connectivity index (χ1n) is 7.83. The van der Waals surface area contributed by atoms with E-state index in [1.54, 1.807) is 45.0 Å². The number of benzene rings is 1. The number of carbonyl (C=O) groups excluding carboxylic acids is 3. The summed E-state index contributed by atoms with van der Waals surface area (Å²) in [6.45, 7) is 8.99. The molecular formula is C17H26N4O3. The lowest BCUT2D eigenvalue weighted by atomic mass is 9.96. The lowest BCUT2D eigenvalue weighted by Crippen LogP contribution is -2.39. The lowest BCUT2D eigenvalue weighted by Gasteiger charge is -2.17. The average Bonchev–Trinajstić information content (AvgIpc) is 2.45. The van der Waals surface area contributed by atoms with E-state index in [4.69, 9.17) is 0 Å². The van der Waals surface area contributed by atoms with Crippen molar-refractivity contribution in [2.45, 2.75) is 40.7 Å². The van der Waals surface area contributed by atoms with Crippen LogP contribution in [0.4, 0.5) is 16.2 Å². The minimum Gasteiger partial charge on any atom is -0.347 e. The van der Waals surface area contributed by atoms with Crippen LogP contribution in [-0.2, 0) is 9.59 Å². The van der Waals surface area contributed by atoms with Gasteiger partial charge in [-0.05, 0) is 38.1 Å². The second-order valence-corrected chi connectivity index (χ2v) is 6.81. The topological polar surface area (TPSA) is 99.3 Å². The van der Waals surface area contributed by atoms with Crippen molar-refractivity contribution in [3.8, 4) is 0 Å². The van der Waals surface area contributed by atoms with Gasteiger partial charge >= 0.3 is 6.03 Å². The number of amides is 4. The van der Waals surface area contributed by atoms with Crippen molar-refractivity contribution in [2.75, 3.05) is 17.2 Å². The van der Waals surface area contributed by atoms with Crippen LogP contribution in [0.3, 0.4) is 0 Å². The minimum atomic E-state index is -0.538. The largest absolute Gasteiger partial charge is 0.347 e. The van der Waals surface area contributed by atoms with Crippen LogP contribution in [-0.4, -0.2) is 30.4 Å². The molecule has 0 radical (unpaired) electrons. The van der Waals surface area contributed by atoms with Crippen molar-refractivity contribution >= 4 is 29.2 Å². The van der Waals surface area contributed by atoms with Gasteiger partial charge in [-0.1, -0.05) is 20.8 Å². The van der Waals surface area contributed by atoms with Crippen molar-refractivity contribution in [1.29, 1.82) is 0 Å². The van der Waals surface area contributed by atoms with Gasteiger partial charge in [0.1, 0.15) is 0 Å². The zero-order valence-corrected chi connectivity index (χ0v) is 14.8. The molecule has 4 amide bonds. The first-order valence-corrected chi connectivity index (χ1v) is 7.83. The molecular weight excluding hydrogens is 308 g/mol. The molecule has 0 aliphatic heterocycles. The van der Waals surface area contributed by atoms with Gasteiger partial charge in [-0.15, -0.1) is 0 Å². The summed E-state index contributed by atoms with van der Waals surface area (Å²) in [5.74, 6) is -0.501. The first-order chi connectivity index (χ1) is 11.1. The molecule has 1 rings (SSSR count). The second kappa shape index (κ2) is 8.33. The molecule has 0 saturated heterocycles. The Bertz CT molecular complexity index is 589. The summed E-state index contributed by atoms with van der Waals surface area (Å²) in [7, 11) is 0. The van der Waals surface area contributed by atoms with Gasteiger partial charge in [0.15, 0.2) is 0 Å². The van der Waals surface area contributed by atoms with Gasteiger partial charge in [-0.25, -0.2) is 4.79 Å². The maximum Gasteiger partial charge on any atom is 0.319 e. The SMILES string of the molecule is CC(C)NC(=O)Nc1ccc(NC(=O)CNC(=O)C(C)(C)C)cc1. The van der Waals surface area contributed by atoms with E-state index in [0.29, 0.717) is 11.4 Å². The Morgan fingerprint density at radius 2 is 1.46 bits per heavy atom. The molecule has 0 fully saturated rings. The molecule has 0 aliphatic rings. The molecule has 132 valence electrons. The Hall–Kier alpha value is -2.57. The summed E-state index contributed by atoms with van der Waals surface area (Å²) in [5, 5.41) is 10.7. The van der Waals surface area contributed by atoms with Crippen LogP contribution >= 0.6 is 0 Å². The predicted octanol–water partition coefficient (Wildman–Crippen LogP) is 2.32. The fourth-order valence-electron chi connectivity index (χ4n) is 1.70. The van der Waals surface area contributed by atoms with Crippen LogP contribution in [0.15, 0.2) is 24.3 Å². The van der Waals surface area contributed by atoms with Crippen molar-refractivity contribution in [3.63, 3.8) is 0 Å². The summed E-state index contributed by atoms with van der Waals surface area (Å²) in [5.41, 5.74) is 0.663. The molecule has 0 saturated carbocycles. The van der Waals surface area contributed by atoms with Gasteiger partial charge < -0.3 is 21.3 Å². The van der Waals surface area contributed by atoms with Crippen LogP contribution < -0.4 is 21.3 Å². The molecule has 0 aliphatic carbocycles. The number of nitrogens with one attached hydrogen (secondary N) is 4. The average molecular weight is 334 g/mol. The van der Waals surface area contributed by atoms with E-state index in [0.717, 1.165) is 0 Å². The summed E-state index contributed by atoms with van der Waals surface area (Å²) >= 11 is 0. The van der Waals surface area contributed by atoms with Crippen LogP contribution in [0.5, 0.6) is 0 Å². The predicted molar refractivity (Wildman–Crippen MR) is 94.8 cm³/mol. The normalized spacial score (nSPS) is 10.9. The van der Waals surface area contributed by atoms with E-state index >= 15 is 0 Å². The number of hydrogen-bond donors (Lipinski definition) is 4. The van der Waals surface area contributed by atoms with Crippen LogP contribution in [0.2, 0.25) is 0 Å². The fraction of sp³-hybridized carbons (Fsp3) is 0.471. The summed E-state index contributed by atoms with van der Waals surface area (Å²) in [6, 6.07) is 6.48. The number of carbonyl (C=O) groups is 3. The molecule has 24 heavy (non-hydrogen) atoms. The maximum atomic E-state index is 11.8. The lowest BCUT2D eigenvalue weighted by molar-refractivity contribution is -0.130. The van der Waals surface area contributed by atoms with Gasteiger partial charge in [0.25, 0.3) is 0 Å². The number of rotatable bonds is 5. The summed E-state index contributed by atoms with van der Waals surface area (Å²) in [4.78, 5) is 35.1. The maximum absolute atomic E-state index is 11.8. The second-order valence-electron chi connectivity index (χ2n) is 6.81. The van der Waals surface area contributed by atoms with E-state index in [-0.39, 0.29) is 30.4 Å². The van der Waals surface area contributed by atoms with Gasteiger partial charge in [0, 0.05) is 22.8 Å². The minimum absolute atomic E-state index is 0.0480. The van der Waals surface area contributed by atoms with Crippen LogP contribution in [0.1, 0.15) is 34.6 Å². The zero-order valence-electron chi connectivity index (χ0n) is 14.8. The fourth-order valence-corrected chi connectivity index (χ4v) is 1.70. The van der Waals surface area contributed by atoms with Crippen molar-refractivity contribution in [2.24, 2.45) is 5.41 Å². The number of hydrogen-bond acceptors (Lipinski definition) is 3. The molecule has 0 spiro atoms. The Morgan fingerprint density at radius 1 is 0.958 bits per heavy atom. The van der Waals surface area contributed by atoms with Gasteiger partial charge in [-0.2, -0.15) is 0 Å². The zero-order chi connectivity index (χ0) is 18.3. The van der Waals surface area contributed by atoms with E-state index < -0.39 is 5.41 Å². The third-order valence-electron chi connectivity index (χ3n) is 2.94. The molecule has 0 heterocycles. The molecule has 0 unspecified atom stereocenters. The monoisotopic (exact) mass is 334 g/mol. The highest BCUT2D eigenvalue weighted by Crippen LogP contribution is 2.14. The smallest absolute Gasteiger partial charge is 0.319 e. The van der Waals surface area contributed by atoms with Crippen molar-refractivity contribution in [3.05, 3.63) is 24.3 Å². The third-order valence-corrected chi connectivity index (χ3v) is 2.94. The highest BCUT2D eigenvalue weighted by molar-refractivity contribution is 5.95. The van der Waals surface area contributed by atoms with E-state index in [1.165, 1.54) is 0 Å². The first kappa shape index (κ1) is 19.5. The Kier molecular flexibility index (Phi) is 6.76. The van der Waals surface area contributed by atoms with Gasteiger partial charge in [0.2, 0.25) is 11.8 Å². The molecule has 7 nitrogen and oxygen atoms in total. The Balaban J connectivity index is 2.48. The molecule has 0 aromatic heterocycles. The molecule has 1 aromatic rings. The summed E-state index contributed by atoms with van der Waals surface area (Å²) in [6.07, 6.45) is 0. The van der Waals surface area contributed by atoms with Gasteiger partial charge in [0.05, 0.1) is 6.54 Å². The highest BCUT2D eigenvalue weighted by atomic mass is 16.2. The van der Waals surface area contributed by atoms with E-state index in [2.05, 4.69) is 21.3 Å². The molecule has 7 heteroatoms. The van der Waals surface area contributed by atoms with Crippen LogP contribution in [0, 0.1) is 5.41 Å². The number of urea groups is 1. The Morgan fingerprint density at radius 3 is 1.92 bits per heavy atom. The Labute approximate surface area is 142 Å². The molecule has 4 N–H and O–H groups in total. The third kappa shape index (κ3) is 7.13. The molecule has 0 bridgehead atoms. The summed E-state index contributed by atoms with van der Waals surface area (Å²) < 4.78 is 0. The van der Waals surface area contributed by atoms with E-state index in [1.807, 2.05) is 13.8 Å². The highest BCUT2D eigenvalue weighted by Gasteiger charge is 2.21. The quantitative estimate of drug-likeness (QED) is 0.665.